The molecule has 18 heteroatoms. The van der Waals surface area contributed by atoms with Gasteiger partial charge in [0.15, 0.2) is 6.10 Å². The number of carbonyl (C=O) groups is 3. The van der Waals surface area contributed by atoms with Gasteiger partial charge in [-0.05, 0) is 135 Å². The van der Waals surface area contributed by atoms with Gasteiger partial charge in [-0.15, -0.1) is 0 Å². The molecule has 0 aromatic rings. The van der Waals surface area contributed by atoms with Crippen molar-refractivity contribution in [3.05, 3.63) is 134 Å². The summed E-state index contributed by atoms with van der Waals surface area (Å²) >= 11 is 0. The van der Waals surface area contributed by atoms with Gasteiger partial charge >= 0.3 is 33.6 Å². The molecule has 652 valence electrons. The van der Waals surface area contributed by atoms with Gasteiger partial charge in [0.05, 0.1) is 26.4 Å². The second kappa shape index (κ2) is 87.0. The SMILES string of the molecule is CC/C=C\C/C=C\C/C=C\C/C=C\C/C=C\C/C=C\CCCCCCCCCCCCCCCCC(=O)OCC(O)COP(=O)(O)OCC(O)COP(=O)(O)OCC(COC(=O)CCCCCCCCCCCCCCCCCCC/C=C\C/C=C\C/C=C\C/C=C\CCCCC)OC(=O)CCCCCCC/C=C\CCCC. The van der Waals surface area contributed by atoms with Crippen molar-refractivity contribution < 1.29 is 75.8 Å². The van der Waals surface area contributed by atoms with Crippen LogP contribution in [0.25, 0.3) is 0 Å². The fourth-order valence-corrected chi connectivity index (χ4v) is 14.0. The number of carbonyl (C=O) groups excluding carboxylic acids is 3. The topological polar surface area (TPSA) is 231 Å². The number of phosphoric acid groups is 2. The van der Waals surface area contributed by atoms with Crippen LogP contribution in [0.15, 0.2) is 134 Å². The molecule has 0 aliphatic heterocycles. The molecule has 5 atom stereocenters. The van der Waals surface area contributed by atoms with Crippen molar-refractivity contribution >= 4 is 33.6 Å². The summed E-state index contributed by atoms with van der Waals surface area (Å²) in [5.74, 6) is -1.57. The summed E-state index contributed by atoms with van der Waals surface area (Å²) in [6.45, 7) is 2.53. The minimum absolute atomic E-state index is 0.0951. The van der Waals surface area contributed by atoms with E-state index in [1.54, 1.807) is 0 Å². The highest BCUT2D eigenvalue weighted by Gasteiger charge is 2.29. The zero-order valence-corrected chi connectivity index (χ0v) is 73.6. The highest BCUT2D eigenvalue weighted by molar-refractivity contribution is 7.47. The summed E-state index contributed by atoms with van der Waals surface area (Å²) in [4.78, 5) is 58.7. The molecule has 0 aromatic carbocycles. The molecule has 0 rings (SSSR count). The second-order valence-electron chi connectivity index (χ2n) is 30.4. The standard InChI is InChI=1S/C95H166O16P2/c1-4-7-10-13-16-19-22-24-26-28-30-32-34-36-38-40-42-44-46-48-50-52-54-56-58-60-62-64-67-69-72-75-78-81-93(98)105-84-90(96)85-107-112(101,102)108-86-91(97)87-109-113(103,104)110-89-92(111-95(100)83-80-77-74-71-66-21-18-15-12-9-6-3)88-106-94(99)82-79-76-73-70-68-65-63-61-59-57-55-53-51-49-47-45-43-41-39-37-35-33-31-29-27-25-23-20-17-14-11-8-5-2/h7,10,15-20,24-27,30-33,36-39,42,44,90-92,96-97H,4-6,8-9,11-14,21-23,28-29,34-35,40-41,43,45-89H2,1-3H3,(H,101,102)(H,103,104)/b10-7-,18-15-,19-16-,20-17-,26-24-,27-25-,32-30-,33-31-,38-36-,39-37-,44-42-. The van der Waals surface area contributed by atoms with Gasteiger partial charge in [-0.1, -0.05) is 373 Å². The van der Waals surface area contributed by atoms with E-state index in [1.165, 1.54) is 193 Å². The van der Waals surface area contributed by atoms with Gasteiger partial charge in [-0.2, -0.15) is 0 Å². The fraction of sp³-hybridized carbons (Fsp3) is 0.737. The average molecular weight is 1630 g/mol. The number of ether oxygens (including phenoxy) is 3. The molecular weight excluding hydrogens is 1460 g/mol. The van der Waals surface area contributed by atoms with Crippen molar-refractivity contribution in [1.29, 1.82) is 0 Å². The number of esters is 3. The molecule has 5 unspecified atom stereocenters. The van der Waals surface area contributed by atoms with E-state index >= 15 is 0 Å². The molecule has 0 heterocycles. The van der Waals surface area contributed by atoms with Crippen molar-refractivity contribution in [1.82, 2.24) is 0 Å². The van der Waals surface area contributed by atoms with Crippen LogP contribution in [0.1, 0.15) is 393 Å². The van der Waals surface area contributed by atoms with Crippen molar-refractivity contribution in [3.8, 4) is 0 Å². The third-order valence-electron chi connectivity index (χ3n) is 19.3. The van der Waals surface area contributed by atoms with Crippen molar-refractivity contribution in [2.24, 2.45) is 0 Å². The molecule has 0 aliphatic rings. The van der Waals surface area contributed by atoms with Gasteiger partial charge in [0, 0.05) is 19.3 Å². The molecule has 0 saturated heterocycles. The lowest BCUT2D eigenvalue weighted by molar-refractivity contribution is -0.161. The summed E-state index contributed by atoms with van der Waals surface area (Å²) in [7, 11) is -9.79. The van der Waals surface area contributed by atoms with Crippen molar-refractivity contribution in [2.45, 2.75) is 411 Å². The molecule has 0 spiro atoms. The number of aliphatic hydroxyl groups is 2. The highest BCUT2D eigenvalue weighted by Crippen LogP contribution is 2.45. The Hall–Kier alpha value is -4.31. The van der Waals surface area contributed by atoms with Gasteiger partial charge < -0.3 is 34.2 Å². The van der Waals surface area contributed by atoms with Gasteiger partial charge in [0.1, 0.15) is 25.4 Å². The van der Waals surface area contributed by atoms with E-state index in [0.29, 0.717) is 19.3 Å². The van der Waals surface area contributed by atoms with E-state index in [0.717, 1.165) is 141 Å². The molecule has 0 saturated carbocycles. The van der Waals surface area contributed by atoms with Gasteiger partial charge in [0.2, 0.25) is 0 Å². The first kappa shape index (κ1) is 109. The number of phosphoric ester groups is 2. The first-order chi connectivity index (χ1) is 55.2. The van der Waals surface area contributed by atoms with E-state index in [4.69, 9.17) is 32.3 Å². The Morgan fingerprint density at radius 3 is 0.779 bits per heavy atom. The van der Waals surface area contributed by atoms with E-state index in [-0.39, 0.29) is 19.3 Å². The van der Waals surface area contributed by atoms with E-state index in [1.807, 2.05) is 0 Å². The van der Waals surface area contributed by atoms with E-state index < -0.39 is 91.5 Å². The Bertz CT molecular complexity index is 2580. The maximum absolute atomic E-state index is 13.0. The summed E-state index contributed by atoms with van der Waals surface area (Å²) in [6, 6.07) is 0. The summed E-state index contributed by atoms with van der Waals surface area (Å²) < 4.78 is 61.3. The Kier molecular flexibility index (Phi) is 83.7. The zero-order chi connectivity index (χ0) is 82.2. The average Bonchev–Trinajstić information content (AvgIpc) is 0.902. The minimum atomic E-state index is -4.93. The van der Waals surface area contributed by atoms with E-state index in [2.05, 4.69) is 154 Å². The first-order valence-electron chi connectivity index (χ1n) is 45.5. The molecule has 0 bridgehead atoms. The molecule has 16 nitrogen and oxygen atoms in total. The van der Waals surface area contributed by atoms with Gasteiger partial charge in [-0.25, -0.2) is 9.13 Å². The number of unbranched alkanes of at least 4 members (excludes halogenated alkanes) is 41. The fourth-order valence-electron chi connectivity index (χ4n) is 12.4. The maximum Gasteiger partial charge on any atom is 0.472 e. The number of aliphatic hydroxyl groups excluding tert-OH is 2. The second-order valence-corrected chi connectivity index (χ2v) is 33.3. The predicted octanol–water partition coefficient (Wildman–Crippen LogP) is 27.8. The molecule has 0 aliphatic carbocycles. The van der Waals surface area contributed by atoms with Crippen molar-refractivity contribution in [2.75, 3.05) is 39.6 Å². The zero-order valence-electron chi connectivity index (χ0n) is 71.8. The lowest BCUT2D eigenvalue weighted by atomic mass is 10.0. The van der Waals surface area contributed by atoms with Crippen LogP contribution in [-0.2, 0) is 55.8 Å². The number of rotatable bonds is 86. The Morgan fingerprint density at radius 1 is 0.257 bits per heavy atom. The molecule has 0 amide bonds. The van der Waals surface area contributed by atoms with E-state index in [9.17, 15) is 43.5 Å². The van der Waals surface area contributed by atoms with Crippen LogP contribution in [0.2, 0.25) is 0 Å². The first-order valence-corrected chi connectivity index (χ1v) is 48.5. The van der Waals surface area contributed by atoms with Crippen LogP contribution < -0.4 is 0 Å². The lowest BCUT2D eigenvalue weighted by Crippen LogP contribution is -2.30. The number of hydrogen-bond acceptors (Lipinski definition) is 14. The molecule has 4 N–H and O–H groups in total. The van der Waals surface area contributed by atoms with Gasteiger partial charge in [-0.3, -0.25) is 32.5 Å². The number of hydrogen-bond donors (Lipinski definition) is 4. The largest absolute Gasteiger partial charge is 0.472 e. The molecular formula is C95H166O16P2. The maximum atomic E-state index is 13.0. The van der Waals surface area contributed by atoms with Crippen molar-refractivity contribution in [3.63, 3.8) is 0 Å². The van der Waals surface area contributed by atoms with Crippen LogP contribution in [0, 0.1) is 0 Å². The molecule has 113 heavy (non-hydrogen) atoms. The normalized spacial score (nSPS) is 14.4. The Morgan fingerprint density at radius 2 is 0.478 bits per heavy atom. The lowest BCUT2D eigenvalue weighted by Gasteiger charge is -2.21. The summed E-state index contributed by atoms with van der Waals surface area (Å²) in [5.41, 5.74) is 0. The van der Waals surface area contributed by atoms with Crippen LogP contribution in [-0.4, -0.2) is 95.9 Å². The van der Waals surface area contributed by atoms with Crippen LogP contribution in [0.5, 0.6) is 0 Å². The monoisotopic (exact) mass is 1630 g/mol. The quantitative estimate of drug-likeness (QED) is 0.0146. The molecule has 0 radical (unpaired) electrons. The highest BCUT2D eigenvalue weighted by atomic mass is 31.2. The predicted molar refractivity (Wildman–Crippen MR) is 473 cm³/mol. The molecule has 0 aromatic heterocycles. The third kappa shape index (κ3) is 88.3. The smallest absolute Gasteiger partial charge is 0.463 e. The number of allylic oxidation sites excluding steroid dienone is 22. The summed E-state index contributed by atoms with van der Waals surface area (Å²) in [5, 5.41) is 20.7. The van der Waals surface area contributed by atoms with Crippen LogP contribution in [0.4, 0.5) is 0 Å². The van der Waals surface area contributed by atoms with Crippen LogP contribution in [0.3, 0.4) is 0 Å². The Labute approximate surface area is 690 Å². The molecule has 0 fully saturated rings. The summed E-state index contributed by atoms with van der Waals surface area (Å²) in [6.07, 6.45) is 108. The third-order valence-corrected chi connectivity index (χ3v) is 21.2. The van der Waals surface area contributed by atoms with Gasteiger partial charge in [0.25, 0.3) is 0 Å². The Balaban J connectivity index is 4.34. The minimum Gasteiger partial charge on any atom is -0.463 e. The van der Waals surface area contributed by atoms with Crippen LogP contribution >= 0.6 is 15.6 Å².